The van der Waals surface area contributed by atoms with Crippen LogP contribution in [0.5, 0.6) is 0 Å². The lowest BCUT2D eigenvalue weighted by Crippen LogP contribution is -2.54. The second-order valence-corrected chi connectivity index (χ2v) is 5.63. The van der Waals surface area contributed by atoms with Crippen molar-refractivity contribution in [1.29, 1.82) is 0 Å². The Morgan fingerprint density at radius 1 is 1.26 bits per heavy atom. The van der Waals surface area contributed by atoms with Crippen LogP contribution in [-0.4, -0.2) is 11.4 Å². The molecule has 1 spiro atoms. The zero-order valence-corrected chi connectivity index (χ0v) is 10.7. The fraction of sp³-hybridized carbons (Fsp3) is 0.500. The van der Waals surface area contributed by atoms with Gasteiger partial charge in [-0.05, 0) is 43.7 Å². The number of rotatable bonds is 0. The maximum Gasteiger partial charge on any atom is 0.250 e. The molecule has 1 aliphatic carbocycles. The Morgan fingerprint density at radius 2 is 1.95 bits per heavy atom. The lowest BCUT2D eigenvalue weighted by atomic mass is 9.75. The van der Waals surface area contributed by atoms with E-state index in [0.717, 1.165) is 18.9 Å². The van der Waals surface area contributed by atoms with E-state index in [1.807, 2.05) is 0 Å². The van der Waals surface area contributed by atoms with Crippen molar-refractivity contribution in [2.75, 3.05) is 10.6 Å². The van der Waals surface area contributed by atoms with E-state index in [4.69, 9.17) is 0 Å². The largest absolute Gasteiger partial charge is 0.367 e. The number of nitrogens with one attached hydrogen (secondary N) is 2. The molecule has 1 heterocycles. The van der Waals surface area contributed by atoms with Crippen molar-refractivity contribution in [3.63, 3.8) is 0 Å². The van der Waals surface area contributed by atoms with E-state index >= 15 is 0 Å². The smallest absolute Gasteiger partial charge is 0.250 e. The molecule has 3 nitrogen and oxygen atoms in total. The summed E-state index contributed by atoms with van der Waals surface area (Å²) in [5.74, 6) is -1.39. The van der Waals surface area contributed by atoms with Crippen molar-refractivity contribution in [3.05, 3.63) is 23.8 Å². The zero-order valence-electron chi connectivity index (χ0n) is 10.7. The van der Waals surface area contributed by atoms with Gasteiger partial charge in [0, 0.05) is 0 Å². The Kier molecular flexibility index (Phi) is 2.73. The highest BCUT2D eigenvalue weighted by atomic mass is 19.2. The summed E-state index contributed by atoms with van der Waals surface area (Å²) < 4.78 is 27.1. The molecule has 2 aliphatic rings. The van der Waals surface area contributed by atoms with Crippen molar-refractivity contribution < 1.29 is 13.6 Å². The Hall–Kier alpha value is -1.65. The monoisotopic (exact) mass is 266 g/mol. The Bertz CT molecular complexity index is 536. The Balaban J connectivity index is 1.99. The van der Waals surface area contributed by atoms with E-state index in [9.17, 15) is 13.6 Å². The number of halogens is 2. The molecule has 0 radical (unpaired) electrons. The molecule has 0 aromatic heterocycles. The quantitative estimate of drug-likeness (QED) is 0.756. The number of carbonyl (C=O) groups is 1. The van der Waals surface area contributed by atoms with Crippen LogP contribution in [0.15, 0.2) is 12.1 Å². The van der Waals surface area contributed by atoms with Crippen LogP contribution in [0.4, 0.5) is 20.2 Å². The van der Waals surface area contributed by atoms with E-state index < -0.39 is 17.2 Å². The molecule has 1 aliphatic heterocycles. The van der Waals surface area contributed by atoms with Crippen LogP contribution in [0, 0.1) is 17.6 Å². The van der Waals surface area contributed by atoms with Gasteiger partial charge in [0.05, 0.1) is 11.4 Å². The van der Waals surface area contributed by atoms with E-state index in [-0.39, 0.29) is 11.6 Å². The molecule has 0 atom stereocenters. The number of amides is 1. The summed E-state index contributed by atoms with van der Waals surface area (Å²) in [5.41, 5.74) is -0.393. The van der Waals surface area contributed by atoms with Gasteiger partial charge in [-0.25, -0.2) is 8.78 Å². The minimum Gasteiger partial charge on any atom is -0.367 e. The highest BCUT2D eigenvalue weighted by molar-refractivity contribution is 6.06. The van der Waals surface area contributed by atoms with Crippen molar-refractivity contribution in [2.24, 2.45) is 5.92 Å². The van der Waals surface area contributed by atoms with Crippen molar-refractivity contribution in [1.82, 2.24) is 0 Å². The first-order valence-corrected chi connectivity index (χ1v) is 6.59. The van der Waals surface area contributed by atoms with Gasteiger partial charge in [-0.2, -0.15) is 0 Å². The molecular weight excluding hydrogens is 250 g/mol. The summed E-state index contributed by atoms with van der Waals surface area (Å²) in [6.45, 7) is 2.14. The van der Waals surface area contributed by atoms with Crippen molar-refractivity contribution in [2.45, 2.75) is 38.1 Å². The predicted octanol–water partition coefficient (Wildman–Crippen LogP) is 3.28. The summed E-state index contributed by atoms with van der Waals surface area (Å²) in [6.07, 6.45) is 3.12. The summed E-state index contributed by atoms with van der Waals surface area (Å²) in [7, 11) is 0. The van der Waals surface area contributed by atoms with E-state index in [2.05, 4.69) is 17.6 Å². The van der Waals surface area contributed by atoms with Crippen LogP contribution < -0.4 is 10.6 Å². The Labute approximate surface area is 110 Å². The van der Waals surface area contributed by atoms with Gasteiger partial charge < -0.3 is 10.6 Å². The Morgan fingerprint density at radius 3 is 2.63 bits per heavy atom. The molecule has 1 amide bonds. The van der Waals surface area contributed by atoms with Gasteiger partial charge in [0.15, 0.2) is 11.6 Å². The van der Waals surface area contributed by atoms with Gasteiger partial charge >= 0.3 is 0 Å². The molecule has 1 aromatic carbocycles. The maximum absolute atomic E-state index is 13.8. The van der Waals surface area contributed by atoms with Crippen LogP contribution in [0.2, 0.25) is 0 Å². The minimum absolute atomic E-state index is 0.0779. The summed E-state index contributed by atoms with van der Waals surface area (Å²) in [6, 6.07) is 2.41. The number of hydrogen-bond acceptors (Lipinski definition) is 2. The lowest BCUT2D eigenvalue weighted by Gasteiger charge is -2.42. The van der Waals surface area contributed by atoms with Crippen LogP contribution in [-0.2, 0) is 4.79 Å². The highest BCUT2D eigenvalue weighted by Gasteiger charge is 2.44. The predicted molar refractivity (Wildman–Crippen MR) is 69.0 cm³/mol. The zero-order chi connectivity index (χ0) is 13.6. The average molecular weight is 266 g/mol. The number of anilines is 2. The minimum atomic E-state index is -0.921. The first-order chi connectivity index (χ1) is 9.02. The number of benzene rings is 1. The molecule has 1 fully saturated rings. The average Bonchev–Trinajstić information content (AvgIpc) is 2.40. The van der Waals surface area contributed by atoms with Gasteiger partial charge in [-0.15, -0.1) is 0 Å². The first-order valence-electron chi connectivity index (χ1n) is 6.59. The topological polar surface area (TPSA) is 41.1 Å². The van der Waals surface area contributed by atoms with Gasteiger partial charge in [0.1, 0.15) is 5.54 Å². The SMILES string of the molecule is CC1CCC2(CC1)Nc1c(ccc(F)c1F)NC2=O. The number of fused-ring (bicyclic) bond motifs is 1. The molecular formula is C14H16F2N2O. The molecule has 0 bridgehead atoms. The number of carbonyl (C=O) groups excluding carboxylic acids is 1. The standard InChI is InChI=1S/C14H16F2N2O/c1-8-4-6-14(7-5-8)13(19)17-10-3-2-9(15)11(16)12(10)18-14/h2-3,8,18H,4-7H2,1H3,(H,17,19). The molecule has 0 unspecified atom stereocenters. The van der Waals surface area contributed by atoms with Gasteiger partial charge in [-0.1, -0.05) is 6.92 Å². The van der Waals surface area contributed by atoms with Crippen molar-refractivity contribution in [3.8, 4) is 0 Å². The second kappa shape index (κ2) is 4.18. The van der Waals surface area contributed by atoms with Gasteiger partial charge in [0.25, 0.3) is 0 Å². The second-order valence-electron chi connectivity index (χ2n) is 5.63. The fourth-order valence-electron chi connectivity index (χ4n) is 2.92. The molecule has 19 heavy (non-hydrogen) atoms. The fourth-order valence-corrected chi connectivity index (χ4v) is 2.92. The van der Waals surface area contributed by atoms with Crippen LogP contribution in [0.3, 0.4) is 0 Å². The highest BCUT2D eigenvalue weighted by Crippen LogP contribution is 2.41. The number of hydrogen-bond donors (Lipinski definition) is 2. The molecule has 102 valence electrons. The van der Waals surface area contributed by atoms with Gasteiger partial charge in [0.2, 0.25) is 5.91 Å². The normalized spacial score (nSPS) is 29.6. The summed E-state index contributed by atoms with van der Waals surface area (Å²) >= 11 is 0. The van der Waals surface area contributed by atoms with E-state index in [1.165, 1.54) is 6.07 Å². The molecule has 1 aromatic rings. The van der Waals surface area contributed by atoms with Crippen LogP contribution in [0.25, 0.3) is 0 Å². The molecule has 2 N–H and O–H groups in total. The summed E-state index contributed by atoms with van der Waals surface area (Å²) in [4.78, 5) is 12.2. The van der Waals surface area contributed by atoms with Crippen molar-refractivity contribution >= 4 is 17.3 Å². The third-order valence-corrected chi connectivity index (χ3v) is 4.27. The van der Waals surface area contributed by atoms with E-state index in [1.54, 1.807) is 0 Å². The first kappa shape index (κ1) is 12.4. The third kappa shape index (κ3) is 1.88. The van der Waals surface area contributed by atoms with E-state index in [0.29, 0.717) is 24.4 Å². The van der Waals surface area contributed by atoms with Crippen LogP contribution >= 0.6 is 0 Å². The molecule has 0 saturated heterocycles. The molecule has 5 heteroatoms. The molecule has 1 saturated carbocycles. The van der Waals surface area contributed by atoms with Gasteiger partial charge in [-0.3, -0.25) is 4.79 Å². The summed E-state index contributed by atoms with van der Waals surface area (Å²) in [5, 5.41) is 5.66. The molecule has 3 rings (SSSR count). The van der Waals surface area contributed by atoms with Crippen LogP contribution in [0.1, 0.15) is 32.6 Å². The lowest BCUT2D eigenvalue weighted by molar-refractivity contribution is -0.121. The maximum atomic E-state index is 13.8. The third-order valence-electron chi connectivity index (χ3n) is 4.27.